The molecule has 5 N–H and O–H groups in total. The summed E-state index contributed by atoms with van der Waals surface area (Å²) in [6, 6.07) is 6.45. The van der Waals surface area contributed by atoms with Crippen molar-refractivity contribution in [2.75, 3.05) is 44.3 Å². The lowest BCUT2D eigenvalue weighted by molar-refractivity contribution is -0.141. The van der Waals surface area contributed by atoms with E-state index in [0.29, 0.717) is 11.3 Å². The Morgan fingerprint density at radius 1 is 1.25 bits per heavy atom. The fourth-order valence-electron chi connectivity index (χ4n) is 4.03. The van der Waals surface area contributed by atoms with Crippen LogP contribution in [0.5, 0.6) is 5.75 Å². The molecular weight excluding hydrogens is 473 g/mol. The zero-order chi connectivity index (χ0) is 26.1. The molecule has 1 aromatic carbocycles. The number of carbonyl (C=O) groups excluding carboxylic acids is 1. The second-order valence-electron chi connectivity index (χ2n) is 8.74. The van der Waals surface area contributed by atoms with Crippen LogP contribution in [0.3, 0.4) is 0 Å². The Labute approximate surface area is 208 Å². The second kappa shape index (κ2) is 12.7. The molecule has 36 heavy (non-hydrogen) atoms. The summed E-state index contributed by atoms with van der Waals surface area (Å²) in [5, 5.41) is 2.57. The van der Waals surface area contributed by atoms with E-state index < -0.39 is 17.8 Å². The number of ether oxygens (including phenoxy) is 1. The van der Waals surface area contributed by atoms with E-state index in [0.717, 1.165) is 70.4 Å². The standard InChI is InChI=1S/C25H33F3N6O2/c1-36-22-15-19(30)17(16-31-18-8-12-34(13-9-18)11-4-2-3-10-29)14-21(22)33-24(35)20-6-5-7-23(32-20)25(26,27)28/h5-7,14-16,18H,2-4,8-13,29-30H2,1H3,(H,33,35). The van der Waals surface area contributed by atoms with Gasteiger partial charge >= 0.3 is 6.18 Å². The Hall–Kier alpha value is -3.18. The summed E-state index contributed by atoms with van der Waals surface area (Å²) in [5.74, 6) is -0.529. The van der Waals surface area contributed by atoms with Gasteiger partial charge in [-0.05, 0) is 57.0 Å². The van der Waals surface area contributed by atoms with Gasteiger partial charge in [-0.2, -0.15) is 13.2 Å². The number of unbranched alkanes of at least 4 members (excludes halogenated alkanes) is 2. The number of aromatic nitrogens is 1. The Balaban J connectivity index is 1.66. The van der Waals surface area contributed by atoms with Crippen LogP contribution in [0.4, 0.5) is 24.5 Å². The molecule has 0 saturated carbocycles. The maximum Gasteiger partial charge on any atom is 0.433 e. The van der Waals surface area contributed by atoms with Gasteiger partial charge in [0, 0.05) is 36.6 Å². The fourth-order valence-corrected chi connectivity index (χ4v) is 4.03. The first-order valence-corrected chi connectivity index (χ1v) is 12.0. The summed E-state index contributed by atoms with van der Waals surface area (Å²) in [4.78, 5) is 23.2. The Kier molecular flexibility index (Phi) is 9.65. The number of nitrogen functional groups attached to an aromatic ring is 1. The third-order valence-electron chi connectivity index (χ3n) is 6.09. The highest BCUT2D eigenvalue weighted by molar-refractivity contribution is 6.04. The highest BCUT2D eigenvalue weighted by Crippen LogP contribution is 2.31. The number of hydrogen-bond donors (Lipinski definition) is 3. The van der Waals surface area contributed by atoms with Crippen LogP contribution in [-0.2, 0) is 6.18 Å². The van der Waals surface area contributed by atoms with E-state index in [2.05, 4.69) is 15.2 Å². The fraction of sp³-hybridized carbons (Fsp3) is 0.480. The number of nitrogens with two attached hydrogens (primary N) is 2. The van der Waals surface area contributed by atoms with E-state index in [1.807, 2.05) is 0 Å². The molecule has 3 rings (SSSR count). The first-order chi connectivity index (χ1) is 17.2. The molecule has 196 valence electrons. The Morgan fingerprint density at radius 3 is 2.67 bits per heavy atom. The minimum atomic E-state index is -4.65. The molecule has 1 aromatic heterocycles. The number of methoxy groups -OCH3 is 1. The van der Waals surface area contributed by atoms with Gasteiger partial charge in [0.1, 0.15) is 17.1 Å². The topological polar surface area (TPSA) is 119 Å². The number of benzene rings is 1. The van der Waals surface area contributed by atoms with Gasteiger partial charge in [0.2, 0.25) is 0 Å². The van der Waals surface area contributed by atoms with Gasteiger partial charge in [0.15, 0.2) is 0 Å². The van der Waals surface area contributed by atoms with E-state index in [1.54, 1.807) is 18.3 Å². The van der Waals surface area contributed by atoms with Crippen LogP contribution in [0.2, 0.25) is 0 Å². The Morgan fingerprint density at radius 2 is 2.00 bits per heavy atom. The van der Waals surface area contributed by atoms with Crippen LogP contribution in [-0.4, -0.2) is 61.3 Å². The molecule has 1 aliphatic heterocycles. The zero-order valence-electron chi connectivity index (χ0n) is 20.4. The molecule has 2 aromatic rings. The maximum atomic E-state index is 13.0. The zero-order valence-corrected chi connectivity index (χ0v) is 20.4. The molecular formula is C25H33F3N6O2. The van der Waals surface area contributed by atoms with E-state index in [9.17, 15) is 18.0 Å². The number of nitrogens with zero attached hydrogens (tertiary/aromatic N) is 3. The number of piperidine rings is 1. The van der Waals surface area contributed by atoms with Crippen LogP contribution < -0.4 is 21.5 Å². The number of likely N-dealkylation sites (tertiary alicyclic amines) is 1. The summed E-state index contributed by atoms with van der Waals surface area (Å²) in [7, 11) is 1.41. The average Bonchev–Trinajstić information content (AvgIpc) is 2.87. The number of pyridine rings is 1. The van der Waals surface area contributed by atoms with Crippen LogP contribution in [0, 0.1) is 0 Å². The van der Waals surface area contributed by atoms with Gasteiger partial charge in [-0.25, -0.2) is 4.98 Å². The summed E-state index contributed by atoms with van der Waals surface area (Å²) in [6.45, 7) is 3.77. The maximum absolute atomic E-state index is 13.0. The molecule has 0 spiro atoms. The summed E-state index contributed by atoms with van der Waals surface area (Å²) in [5.41, 5.74) is 11.4. The lowest BCUT2D eigenvalue weighted by Gasteiger charge is -2.30. The van der Waals surface area contributed by atoms with Crippen molar-refractivity contribution >= 4 is 23.5 Å². The van der Waals surface area contributed by atoms with Crippen molar-refractivity contribution in [1.29, 1.82) is 0 Å². The first-order valence-electron chi connectivity index (χ1n) is 12.0. The molecule has 1 fully saturated rings. The van der Waals surface area contributed by atoms with Gasteiger partial charge in [0.25, 0.3) is 5.91 Å². The molecule has 0 unspecified atom stereocenters. The molecule has 0 radical (unpaired) electrons. The van der Waals surface area contributed by atoms with Gasteiger partial charge in [-0.3, -0.25) is 9.79 Å². The summed E-state index contributed by atoms with van der Waals surface area (Å²) >= 11 is 0. The van der Waals surface area contributed by atoms with Crippen molar-refractivity contribution < 1.29 is 22.7 Å². The molecule has 1 saturated heterocycles. The third kappa shape index (κ3) is 7.66. The van der Waals surface area contributed by atoms with Crippen molar-refractivity contribution in [3.8, 4) is 5.75 Å². The van der Waals surface area contributed by atoms with E-state index in [-0.39, 0.29) is 23.2 Å². The number of amides is 1. The van der Waals surface area contributed by atoms with Crippen LogP contribution >= 0.6 is 0 Å². The van der Waals surface area contributed by atoms with Crippen molar-refractivity contribution in [3.05, 3.63) is 47.3 Å². The van der Waals surface area contributed by atoms with E-state index in [4.69, 9.17) is 21.2 Å². The molecule has 0 aliphatic carbocycles. The number of carbonyl (C=O) groups is 1. The van der Waals surface area contributed by atoms with Gasteiger partial charge < -0.3 is 26.4 Å². The first kappa shape index (κ1) is 27.4. The quantitative estimate of drug-likeness (QED) is 0.255. The van der Waals surface area contributed by atoms with Crippen molar-refractivity contribution in [3.63, 3.8) is 0 Å². The molecule has 2 heterocycles. The van der Waals surface area contributed by atoms with Crippen LogP contribution in [0.15, 0.2) is 35.3 Å². The lowest BCUT2D eigenvalue weighted by atomic mass is 10.0. The SMILES string of the molecule is COc1cc(N)c(C=NC2CCN(CCCCCN)CC2)cc1NC(=O)c1cccc(C(F)(F)F)n1. The number of alkyl halides is 3. The van der Waals surface area contributed by atoms with Crippen LogP contribution in [0.1, 0.15) is 53.8 Å². The van der Waals surface area contributed by atoms with Crippen molar-refractivity contribution in [2.45, 2.75) is 44.3 Å². The number of hydrogen-bond acceptors (Lipinski definition) is 7. The van der Waals surface area contributed by atoms with Crippen molar-refractivity contribution in [2.24, 2.45) is 10.7 Å². The van der Waals surface area contributed by atoms with Crippen LogP contribution in [0.25, 0.3) is 0 Å². The van der Waals surface area contributed by atoms with Crippen molar-refractivity contribution in [1.82, 2.24) is 9.88 Å². The number of halogens is 3. The average molecular weight is 507 g/mol. The lowest BCUT2D eigenvalue weighted by Crippen LogP contribution is -2.36. The Bertz CT molecular complexity index is 1050. The highest BCUT2D eigenvalue weighted by Gasteiger charge is 2.33. The van der Waals surface area contributed by atoms with Gasteiger partial charge in [-0.1, -0.05) is 12.5 Å². The molecule has 8 nitrogen and oxygen atoms in total. The predicted molar refractivity (Wildman–Crippen MR) is 135 cm³/mol. The predicted octanol–water partition coefficient (Wildman–Crippen LogP) is 3.96. The highest BCUT2D eigenvalue weighted by atomic mass is 19.4. The smallest absolute Gasteiger partial charge is 0.433 e. The molecule has 11 heteroatoms. The molecule has 1 amide bonds. The van der Waals surface area contributed by atoms with E-state index in [1.165, 1.54) is 13.2 Å². The third-order valence-corrected chi connectivity index (χ3v) is 6.09. The monoisotopic (exact) mass is 506 g/mol. The molecule has 1 aliphatic rings. The molecule has 0 atom stereocenters. The normalized spacial score (nSPS) is 15.4. The largest absolute Gasteiger partial charge is 0.494 e. The van der Waals surface area contributed by atoms with Gasteiger partial charge in [-0.15, -0.1) is 0 Å². The second-order valence-corrected chi connectivity index (χ2v) is 8.74. The van der Waals surface area contributed by atoms with Gasteiger partial charge in [0.05, 0.1) is 18.8 Å². The number of aliphatic imine (C=N–C) groups is 1. The van der Waals surface area contributed by atoms with E-state index >= 15 is 0 Å². The molecule has 0 bridgehead atoms. The summed E-state index contributed by atoms with van der Waals surface area (Å²) in [6.07, 6.45) is 2.26. The number of anilines is 2. The summed E-state index contributed by atoms with van der Waals surface area (Å²) < 4.78 is 44.2. The minimum Gasteiger partial charge on any atom is -0.494 e. The number of nitrogens with one attached hydrogen (secondary N) is 1. The number of rotatable bonds is 10. The minimum absolute atomic E-state index is 0.166.